The highest BCUT2D eigenvalue weighted by Gasteiger charge is 2.27. The molecule has 0 bridgehead atoms. The Kier molecular flexibility index (Phi) is 3.02. The van der Waals surface area contributed by atoms with Crippen molar-refractivity contribution in [1.29, 1.82) is 0 Å². The first-order valence-electron chi connectivity index (χ1n) is 8.23. The van der Waals surface area contributed by atoms with Crippen LogP contribution in [0, 0.1) is 0 Å². The molecule has 2 aliphatic carbocycles. The summed E-state index contributed by atoms with van der Waals surface area (Å²) in [6.07, 6.45) is 7.79. The van der Waals surface area contributed by atoms with Gasteiger partial charge in [0, 0.05) is 11.2 Å². The quantitative estimate of drug-likeness (QED) is 0.662. The summed E-state index contributed by atoms with van der Waals surface area (Å²) in [6, 6.07) is 15.7. The number of rotatable bonds is 2. The molecule has 1 fully saturated rings. The van der Waals surface area contributed by atoms with Gasteiger partial charge in [-0.1, -0.05) is 49.6 Å². The Labute approximate surface area is 127 Å². The lowest BCUT2D eigenvalue weighted by molar-refractivity contribution is 0.349. The Hall–Kier alpha value is -1.76. The van der Waals surface area contributed by atoms with Crippen molar-refractivity contribution in [2.75, 3.05) is 5.32 Å². The van der Waals surface area contributed by atoms with Crippen LogP contribution in [0.2, 0.25) is 0 Å². The zero-order valence-electron chi connectivity index (χ0n) is 12.8. The van der Waals surface area contributed by atoms with E-state index in [0.717, 1.165) is 6.42 Å². The maximum Gasteiger partial charge on any atom is 0.0350 e. The SMILES string of the molecule is CC1(Nc2ccc3c(c2)-c2ccccc2C3)CCCCC1. The van der Waals surface area contributed by atoms with Gasteiger partial charge in [0.2, 0.25) is 0 Å². The average molecular weight is 277 g/mol. The molecule has 1 heteroatoms. The number of anilines is 1. The third kappa shape index (κ3) is 2.35. The van der Waals surface area contributed by atoms with Crippen molar-refractivity contribution >= 4 is 5.69 Å². The Bertz CT molecular complexity index is 665. The number of nitrogens with one attached hydrogen (secondary N) is 1. The first-order chi connectivity index (χ1) is 10.2. The first kappa shape index (κ1) is 12.9. The molecule has 0 aromatic heterocycles. The van der Waals surface area contributed by atoms with Gasteiger partial charge in [0.05, 0.1) is 0 Å². The third-order valence-electron chi connectivity index (χ3n) is 5.20. The minimum absolute atomic E-state index is 0.282. The molecule has 0 heterocycles. The molecular formula is C20H23N. The molecule has 0 atom stereocenters. The monoisotopic (exact) mass is 277 g/mol. The summed E-state index contributed by atoms with van der Waals surface area (Å²) in [7, 11) is 0. The van der Waals surface area contributed by atoms with Crippen molar-refractivity contribution in [1.82, 2.24) is 0 Å². The number of hydrogen-bond acceptors (Lipinski definition) is 1. The van der Waals surface area contributed by atoms with Crippen LogP contribution in [0.15, 0.2) is 42.5 Å². The first-order valence-corrected chi connectivity index (χ1v) is 8.23. The molecule has 108 valence electrons. The second-order valence-corrected chi connectivity index (χ2v) is 6.95. The minimum Gasteiger partial charge on any atom is -0.380 e. The van der Waals surface area contributed by atoms with E-state index >= 15 is 0 Å². The van der Waals surface area contributed by atoms with Crippen LogP contribution in [-0.2, 0) is 6.42 Å². The Balaban J connectivity index is 1.65. The average Bonchev–Trinajstić information content (AvgIpc) is 2.86. The van der Waals surface area contributed by atoms with Gasteiger partial charge in [0.15, 0.2) is 0 Å². The Morgan fingerprint density at radius 1 is 0.857 bits per heavy atom. The molecule has 0 saturated heterocycles. The van der Waals surface area contributed by atoms with Crippen molar-refractivity contribution in [3.8, 4) is 11.1 Å². The van der Waals surface area contributed by atoms with Crippen LogP contribution in [-0.4, -0.2) is 5.54 Å². The highest BCUT2D eigenvalue weighted by Crippen LogP contribution is 2.39. The van der Waals surface area contributed by atoms with Gasteiger partial charge in [-0.05, 0) is 60.6 Å². The van der Waals surface area contributed by atoms with Crippen molar-refractivity contribution in [2.45, 2.75) is 51.0 Å². The number of hydrogen-bond donors (Lipinski definition) is 1. The predicted molar refractivity (Wildman–Crippen MR) is 89.8 cm³/mol. The molecule has 0 radical (unpaired) electrons. The maximum absolute atomic E-state index is 3.82. The summed E-state index contributed by atoms with van der Waals surface area (Å²) in [6.45, 7) is 2.38. The standard InChI is InChI=1S/C20H23N/c1-20(11-5-2-6-12-20)21-17-10-9-16-13-15-7-3-4-8-18(15)19(16)14-17/h3-4,7-10,14,21H,2,5-6,11-13H2,1H3. The summed E-state index contributed by atoms with van der Waals surface area (Å²) >= 11 is 0. The van der Waals surface area contributed by atoms with Crippen LogP contribution in [0.3, 0.4) is 0 Å². The summed E-state index contributed by atoms with van der Waals surface area (Å²) in [5.74, 6) is 0. The largest absolute Gasteiger partial charge is 0.380 e. The van der Waals surface area contributed by atoms with E-state index in [4.69, 9.17) is 0 Å². The second-order valence-electron chi connectivity index (χ2n) is 6.95. The molecule has 2 aromatic carbocycles. The lowest BCUT2D eigenvalue weighted by atomic mass is 9.83. The van der Waals surface area contributed by atoms with E-state index in [1.165, 1.54) is 60.0 Å². The molecule has 0 unspecified atom stereocenters. The predicted octanol–water partition coefficient (Wildman–Crippen LogP) is 5.39. The lowest BCUT2D eigenvalue weighted by Crippen LogP contribution is -2.36. The highest BCUT2D eigenvalue weighted by molar-refractivity contribution is 5.79. The van der Waals surface area contributed by atoms with E-state index in [1.807, 2.05) is 0 Å². The van der Waals surface area contributed by atoms with Crippen molar-refractivity contribution in [3.05, 3.63) is 53.6 Å². The highest BCUT2D eigenvalue weighted by atomic mass is 15.0. The normalized spacial score (nSPS) is 18.9. The number of benzene rings is 2. The molecule has 0 aliphatic heterocycles. The lowest BCUT2D eigenvalue weighted by Gasteiger charge is -2.35. The fraction of sp³-hybridized carbons (Fsp3) is 0.400. The topological polar surface area (TPSA) is 12.0 Å². The molecule has 2 aromatic rings. The van der Waals surface area contributed by atoms with Crippen molar-refractivity contribution < 1.29 is 0 Å². The molecule has 2 aliphatic rings. The molecule has 1 N–H and O–H groups in total. The van der Waals surface area contributed by atoms with Crippen molar-refractivity contribution in [3.63, 3.8) is 0 Å². The maximum atomic E-state index is 3.82. The van der Waals surface area contributed by atoms with Gasteiger partial charge in [0.25, 0.3) is 0 Å². The zero-order chi connectivity index (χ0) is 14.3. The van der Waals surface area contributed by atoms with Crippen LogP contribution in [0.1, 0.15) is 50.2 Å². The van der Waals surface area contributed by atoms with Gasteiger partial charge in [-0.25, -0.2) is 0 Å². The molecule has 0 amide bonds. The van der Waals surface area contributed by atoms with E-state index in [9.17, 15) is 0 Å². The van der Waals surface area contributed by atoms with E-state index in [-0.39, 0.29) is 5.54 Å². The van der Waals surface area contributed by atoms with Crippen LogP contribution >= 0.6 is 0 Å². The summed E-state index contributed by atoms with van der Waals surface area (Å²) in [5, 5.41) is 3.82. The fourth-order valence-corrected chi connectivity index (χ4v) is 4.01. The van der Waals surface area contributed by atoms with Crippen LogP contribution in [0.5, 0.6) is 0 Å². The molecule has 21 heavy (non-hydrogen) atoms. The fourth-order valence-electron chi connectivity index (χ4n) is 4.01. The molecular weight excluding hydrogens is 254 g/mol. The van der Waals surface area contributed by atoms with Crippen molar-refractivity contribution in [2.24, 2.45) is 0 Å². The van der Waals surface area contributed by atoms with Gasteiger partial charge in [-0.2, -0.15) is 0 Å². The molecule has 4 rings (SSSR count). The summed E-state index contributed by atoms with van der Waals surface area (Å²) in [4.78, 5) is 0. The van der Waals surface area contributed by atoms with Gasteiger partial charge in [0.1, 0.15) is 0 Å². The molecule has 1 saturated carbocycles. The summed E-state index contributed by atoms with van der Waals surface area (Å²) in [5.41, 5.74) is 7.35. The zero-order valence-corrected chi connectivity index (χ0v) is 12.8. The van der Waals surface area contributed by atoms with E-state index in [0.29, 0.717) is 0 Å². The van der Waals surface area contributed by atoms with Gasteiger partial charge < -0.3 is 5.32 Å². The van der Waals surface area contributed by atoms with E-state index < -0.39 is 0 Å². The molecule has 0 spiro atoms. The number of fused-ring (bicyclic) bond motifs is 3. The minimum atomic E-state index is 0.282. The van der Waals surface area contributed by atoms with E-state index in [2.05, 4.69) is 54.7 Å². The summed E-state index contributed by atoms with van der Waals surface area (Å²) < 4.78 is 0. The van der Waals surface area contributed by atoms with Crippen LogP contribution < -0.4 is 5.32 Å². The smallest absolute Gasteiger partial charge is 0.0350 e. The van der Waals surface area contributed by atoms with Gasteiger partial charge in [-0.3, -0.25) is 0 Å². The van der Waals surface area contributed by atoms with Gasteiger partial charge in [-0.15, -0.1) is 0 Å². The Morgan fingerprint density at radius 3 is 2.48 bits per heavy atom. The van der Waals surface area contributed by atoms with E-state index in [1.54, 1.807) is 0 Å². The van der Waals surface area contributed by atoms with Gasteiger partial charge >= 0.3 is 0 Å². The third-order valence-corrected chi connectivity index (χ3v) is 5.20. The second kappa shape index (κ2) is 4.91. The Morgan fingerprint density at radius 2 is 1.62 bits per heavy atom. The van der Waals surface area contributed by atoms with Crippen LogP contribution in [0.25, 0.3) is 11.1 Å². The van der Waals surface area contributed by atoms with Crippen LogP contribution in [0.4, 0.5) is 5.69 Å². The molecule has 1 nitrogen and oxygen atoms in total.